The van der Waals surface area contributed by atoms with Crippen LogP contribution in [0, 0.1) is 0 Å². The van der Waals surface area contributed by atoms with Gasteiger partial charge in [-0.1, -0.05) is 12.1 Å². The van der Waals surface area contributed by atoms with Gasteiger partial charge in [-0.05, 0) is 86.3 Å². The number of carbonyl (C=O) groups is 3. The second-order valence-electron chi connectivity index (χ2n) is 10.5. The minimum atomic E-state index is -5.51. The van der Waals surface area contributed by atoms with Gasteiger partial charge in [-0.25, -0.2) is 9.78 Å². The van der Waals surface area contributed by atoms with Crippen LogP contribution in [0.2, 0.25) is 0 Å². The summed E-state index contributed by atoms with van der Waals surface area (Å²) in [6.45, 7) is 6.40. The number of alkyl halides is 3. The molecular weight excluding hydrogens is 621 g/mol. The predicted molar refractivity (Wildman–Crippen MR) is 167 cm³/mol. The molecule has 1 unspecified atom stereocenters. The van der Waals surface area contributed by atoms with Gasteiger partial charge in [-0.15, -0.1) is 0 Å². The molecule has 0 aliphatic heterocycles. The number of esters is 1. The zero-order valence-electron chi connectivity index (χ0n) is 25.9. The summed E-state index contributed by atoms with van der Waals surface area (Å²) in [6, 6.07) is 16.1. The number of carbonyl (C=O) groups excluding carboxylic acids is 3. The molecule has 0 bridgehead atoms. The van der Waals surface area contributed by atoms with Crippen LogP contribution in [0.25, 0.3) is 10.8 Å². The van der Waals surface area contributed by atoms with Gasteiger partial charge in [0.1, 0.15) is 11.6 Å². The van der Waals surface area contributed by atoms with Gasteiger partial charge in [0, 0.05) is 30.7 Å². The maximum atomic E-state index is 14.2. The lowest BCUT2D eigenvalue weighted by Gasteiger charge is -2.33. The molecule has 0 fully saturated rings. The number of ether oxygens (including phenoxy) is 4. The molecule has 3 aromatic carbocycles. The predicted octanol–water partition coefficient (Wildman–Crippen LogP) is 5.62. The summed E-state index contributed by atoms with van der Waals surface area (Å²) < 4.78 is 63.9. The lowest BCUT2D eigenvalue weighted by Crippen LogP contribution is -2.53. The average Bonchev–Trinajstić information content (AvgIpc) is 2.99. The van der Waals surface area contributed by atoms with E-state index in [2.05, 4.69) is 15.6 Å². The third-order valence-corrected chi connectivity index (χ3v) is 6.48. The monoisotopic (exact) mass is 654 g/mol. The molecule has 4 N–H and O–H groups in total. The first-order valence-electron chi connectivity index (χ1n) is 14.4. The Morgan fingerprint density at radius 3 is 2.43 bits per heavy atom. The van der Waals surface area contributed by atoms with Crippen molar-refractivity contribution in [2.24, 2.45) is 0 Å². The Kier molecular flexibility index (Phi) is 10.4. The number of nitrogens with two attached hydrogens (primary N) is 1. The highest BCUT2D eigenvalue weighted by Crippen LogP contribution is 2.39. The van der Waals surface area contributed by atoms with Crippen LogP contribution in [-0.2, 0) is 31.5 Å². The molecule has 1 aromatic heterocycles. The van der Waals surface area contributed by atoms with Crippen LogP contribution in [0.1, 0.15) is 38.8 Å². The number of hydrogen-bond acceptors (Lipinski definition) is 9. The number of pyridine rings is 1. The van der Waals surface area contributed by atoms with E-state index in [1.165, 1.54) is 49.5 Å². The van der Waals surface area contributed by atoms with Crippen LogP contribution in [-0.4, -0.2) is 41.7 Å². The number of benzene rings is 3. The van der Waals surface area contributed by atoms with E-state index in [1.807, 2.05) is 0 Å². The molecule has 0 aliphatic rings. The van der Waals surface area contributed by atoms with E-state index < -0.39 is 23.8 Å². The molecule has 1 atom stereocenters. The Morgan fingerprint density at radius 2 is 1.74 bits per heavy atom. The van der Waals surface area contributed by atoms with E-state index in [4.69, 9.17) is 24.7 Å². The van der Waals surface area contributed by atoms with Crippen molar-refractivity contribution < 1.29 is 46.5 Å². The van der Waals surface area contributed by atoms with Crippen molar-refractivity contribution in [1.82, 2.24) is 10.3 Å². The second-order valence-corrected chi connectivity index (χ2v) is 10.5. The van der Waals surface area contributed by atoms with Gasteiger partial charge in [0.15, 0.2) is 11.5 Å². The molecule has 0 radical (unpaired) electrons. The molecule has 14 heteroatoms. The van der Waals surface area contributed by atoms with Crippen molar-refractivity contribution >= 4 is 40.1 Å². The summed E-state index contributed by atoms with van der Waals surface area (Å²) in [6.07, 6.45) is -4.39. The second kappa shape index (κ2) is 14.3. The number of halogens is 3. The largest absolute Gasteiger partial charge is 0.491 e. The van der Waals surface area contributed by atoms with Crippen molar-refractivity contribution in [3.63, 3.8) is 0 Å². The van der Waals surface area contributed by atoms with Crippen molar-refractivity contribution in [3.05, 3.63) is 84.1 Å². The van der Waals surface area contributed by atoms with E-state index in [0.29, 0.717) is 22.0 Å². The molecule has 0 spiro atoms. The molecule has 0 aliphatic carbocycles. The maximum absolute atomic E-state index is 14.2. The number of nitrogen functional groups attached to an aromatic ring is 1. The molecule has 1 heterocycles. The summed E-state index contributed by atoms with van der Waals surface area (Å²) in [7, 11) is 0. The standard InChI is InChI=1S/C33H33F3N4O7/c1-5-44-28-17-23(9-12-27(28)45-19(2)3)32(47-31(43)33(34,35)36,46-25-10-11-26-22(16-25)13-14-38-29(26)37)30(42)39-18-21-7-6-8-24(15-21)40-20(4)41/h6-17,19H,5,18H2,1-4H3,(H2,37,38)(H,39,42)(H,40,41). The van der Waals surface area contributed by atoms with Gasteiger partial charge in [0.05, 0.1) is 18.3 Å². The van der Waals surface area contributed by atoms with Gasteiger partial charge in [-0.2, -0.15) is 13.2 Å². The number of nitrogens with zero attached hydrogens (tertiary/aromatic N) is 1. The highest BCUT2D eigenvalue weighted by atomic mass is 19.4. The topological polar surface area (TPSA) is 151 Å². The summed E-state index contributed by atoms with van der Waals surface area (Å²) in [5.41, 5.74) is 6.52. The first-order chi connectivity index (χ1) is 22.2. The minimum Gasteiger partial charge on any atom is -0.490 e. The van der Waals surface area contributed by atoms with E-state index in [9.17, 15) is 27.6 Å². The third-order valence-electron chi connectivity index (χ3n) is 6.48. The Balaban J connectivity index is 1.88. The molecule has 11 nitrogen and oxygen atoms in total. The lowest BCUT2D eigenvalue weighted by atomic mass is 10.0. The van der Waals surface area contributed by atoms with Crippen LogP contribution in [0.3, 0.4) is 0 Å². The molecule has 47 heavy (non-hydrogen) atoms. The van der Waals surface area contributed by atoms with Gasteiger partial charge in [0.25, 0.3) is 0 Å². The summed E-state index contributed by atoms with van der Waals surface area (Å²) >= 11 is 0. The number of hydrogen-bond donors (Lipinski definition) is 3. The van der Waals surface area contributed by atoms with Crippen molar-refractivity contribution in [1.29, 1.82) is 0 Å². The highest BCUT2D eigenvalue weighted by molar-refractivity contribution is 5.93. The average molecular weight is 655 g/mol. The van der Waals surface area contributed by atoms with Crippen molar-refractivity contribution in [3.8, 4) is 17.2 Å². The molecule has 0 saturated heterocycles. The molecule has 4 rings (SSSR count). The Labute approximate surface area is 268 Å². The first kappa shape index (κ1) is 34.3. The number of aromatic nitrogens is 1. The van der Waals surface area contributed by atoms with E-state index >= 15 is 0 Å². The van der Waals surface area contributed by atoms with Crippen molar-refractivity contribution in [2.75, 3.05) is 17.7 Å². The molecular formula is C33H33F3N4O7. The molecule has 2 amide bonds. The van der Waals surface area contributed by atoms with Crippen LogP contribution < -0.4 is 30.6 Å². The SMILES string of the molecule is CCOc1cc(C(OC(=O)C(F)(F)F)(Oc2ccc3c(N)nccc3c2)C(=O)NCc2cccc(NC(C)=O)c2)ccc1OC(C)C. The van der Waals surface area contributed by atoms with Gasteiger partial charge in [0.2, 0.25) is 5.91 Å². The molecule has 0 saturated carbocycles. The Morgan fingerprint density at radius 1 is 0.979 bits per heavy atom. The number of nitrogens with one attached hydrogen (secondary N) is 2. The molecule has 248 valence electrons. The summed E-state index contributed by atoms with van der Waals surface area (Å²) in [4.78, 5) is 42.2. The smallest absolute Gasteiger partial charge is 0.490 e. The summed E-state index contributed by atoms with van der Waals surface area (Å²) in [5.74, 6) is -6.99. The van der Waals surface area contributed by atoms with Crippen LogP contribution in [0.4, 0.5) is 24.7 Å². The normalized spacial score (nSPS) is 12.6. The Hall–Kier alpha value is -5.53. The number of rotatable bonds is 12. The zero-order valence-corrected chi connectivity index (χ0v) is 25.9. The van der Waals surface area contributed by atoms with Gasteiger partial charge in [-0.3, -0.25) is 9.59 Å². The zero-order chi connectivity index (χ0) is 34.4. The third kappa shape index (κ3) is 8.39. The maximum Gasteiger partial charge on any atom is 0.491 e. The van der Waals surface area contributed by atoms with Crippen LogP contribution in [0.15, 0.2) is 72.9 Å². The summed E-state index contributed by atoms with van der Waals surface area (Å²) in [5, 5.41) is 6.12. The van der Waals surface area contributed by atoms with E-state index in [0.717, 1.165) is 0 Å². The van der Waals surface area contributed by atoms with E-state index in [-0.39, 0.29) is 53.8 Å². The first-order valence-corrected chi connectivity index (χ1v) is 14.4. The van der Waals surface area contributed by atoms with Gasteiger partial charge < -0.3 is 35.3 Å². The van der Waals surface area contributed by atoms with E-state index in [1.54, 1.807) is 51.1 Å². The number of anilines is 2. The van der Waals surface area contributed by atoms with Crippen molar-refractivity contribution in [2.45, 2.75) is 52.3 Å². The highest BCUT2D eigenvalue weighted by Gasteiger charge is 2.54. The minimum absolute atomic E-state index is 0.0582. The fourth-order valence-electron chi connectivity index (χ4n) is 4.55. The van der Waals surface area contributed by atoms with Crippen LogP contribution >= 0.6 is 0 Å². The molecule has 4 aromatic rings. The number of fused-ring (bicyclic) bond motifs is 1. The number of amides is 2. The Bertz CT molecular complexity index is 1780. The fraction of sp³-hybridized carbons (Fsp3) is 0.273. The van der Waals surface area contributed by atoms with Gasteiger partial charge >= 0.3 is 23.8 Å². The quantitative estimate of drug-likeness (QED) is 0.131. The lowest BCUT2D eigenvalue weighted by molar-refractivity contribution is -0.241. The van der Waals surface area contributed by atoms with Crippen LogP contribution in [0.5, 0.6) is 17.2 Å². The fourth-order valence-corrected chi connectivity index (χ4v) is 4.55.